The minimum atomic E-state index is -0.468. The van der Waals surface area contributed by atoms with E-state index in [0.29, 0.717) is 17.4 Å². The predicted octanol–water partition coefficient (Wildman–Crippen LogP) is 2.59. The van der Waals surface area contributed by atoms with Crippen LogP contribution >= 0.6 is 0 Å². The fourth-order valence-electron chi connectivity index (χ4n) is 1.84. The third kappa shape index (κ3) is 3.23. The van der Waals surface area contributed by atoms with Gasteiger partial charge >= 0.3 is 0 Å². The SMILES string of the molecule is CC(C)c1c(NN)ncnc1Oc1ccc([N+](=O)[O-])cc1. The van der Waals surface area contributed by atoms with Crippen LogP contribution in [0.1, 0.15) is 25.3 Å². The van der Waals surface area contributed by atoms with Crippen LogP contribution in [-0.2, 0) is 0 Å². The van der Waals surface area contributed by atoms with Crippen molar-refractivity contribution < 1.29 is 9.66 Å². The second-order valence-electron chi connectivity index (χ2n) is 4.59. The smallest absolute Gasteiger partial charge is 0.269 e. The van der Waals surface area contributed by atoms with Crippen molar-refractivity contribution in [2.45, 2.75) is 19.8 Å². The summed E-state index contributed by atoms with van der Waals surface area (Å²) in [5, 5.41) is 10.6. The minimum Gasteiger partial charge on any atom is -0.439 e. The summed E-state index contributed by atoms with van der Waals surface area (Å²) in [6.45, 7) is 3.92. The normalized spacial score (nSPS) is 10.5. The van der Waals surface area contributed by atoms with Gasteiger partial charge in [-0.3, -0.25) is 10.1 Å². The highest BCUT2D eigenvalue weighted by atomic mass is 16.6. The maximum atomic E-state index is 10.6. The van der Waals surface area contributed by atoms with Gasteiger partial charge in [0.1, 0.15) is 12.1 Å². The standard InChI is InChI=1S/C13H15N5O3/c1-8(2)11-12(17-14)15-7-16-13(11)21-10-5-3-9(4-6-10)18(19)20/h3-8H,14H2,1-2H3,(H,15,16,17). The van der Waals surface area contributed by atoms with Crippen LogP contribution < -0.4 is 16.0 Å². The van der Waals surface area contributed by atoms with Crippen LogP contribution in [0.4, 0.5) is 11.5 Å². The molecule has 0 aliphatic rings. The maximum Gasteiger partial charge on any atom is 0.269 e. The van der Waals surface area contributed by atoms with Crippen molar-refractivity contribution in [1.82, 2.24) is 9.97 Å². The molecule has 0 spiro atoms. The molecule has 1 heterocycles. The van der Waals surface area contributed by atoms with Crippen molar-refractivity contribution >= 4 is 11.5 Å². The van der Waals surface area contributed by atoms with Crippen molar-refractivity contribution in [1.29, 1.82) is 0 Å². The van der Waals surface area contributed by atoms with E-state index in [2.05, 4.69) is 15.4 Å². The molecule has 2 aromatic rings. The molecular weight excluding hydrogens is 274 g/mol. The largest absolute Gasteiger partial charge is 0.439 e. The lowest BCUT2D eigenvalue weighted by Gasteiger charge is -2.15. The number of hydrogen-bond donors (Lipinski definition) is 2. The van der Waals surface area contributed by atoms with Gasteiger partial charge in [0.2, 0.25) is 5.88 Å². The number of hydrogen-bond acceptors (Lipinski definition) is 7. The third-order valence-corrected chi connectivity index (χ3v) is 2.82. The summed E-state index contributed by atoms with van der Waals surface area (Å²) in [5.74, 6) is 6.82. The number of hydrazine groups is 1. The summed E-state index contributed by atoms with van der Waals surface area (Å²) in [6.07, 6.45) is 1.34. The highest BCUT2D eigenvalue weighted by Gasteiger charge is 2.16. The van der Waals surface area contributed by atoms with Crippen molar-refractivity contribution in [2.75, 3.05) is 5.43 Å². The highest BCUT2D eigenvalue weighted by molar-refractivity contribution is 5.51. The van der Waals surface area contributed by atoms with Gasteiger partial charge in [0.25, 0.3) is 5.69 Å². The molecule has 110 valence electrons. The second-order valence-corrected chi connectivity index (χ2v) is 4.59. The molecule has 21 heavy (non-hydrogen) atoms. The molecule has 1 aromatic heterocycles. The molecule has 0 aliphatic heterocycles. The van der Waals surface area contributed by atoms with E-state index in [1.165, 1.54) is 30.6 Å². The molecule has 8 heteroatoms. The summed E-state index contributed by atoms with van der Waals surface area (Å²) in [6, 6.07) is 5.77. The number of nitrogens with zero attached hydrogens (tertiary/aromatic N) is 3. The third-order valence-electron chi connectivity index (χ3n) is 2.82. The Morgan fingerprint density at radius 1 is 1.29 bits per heavy atom. The lowest BCUT2D eigenvalue weighted by molar-refractivity contribution is -0.384. The first-order valence-electron chi connectivity index (χ1n) is 6.26. The Morgan fingerprint density at radius 3 is 2.48 bits per heavy atom. The number of nitro groups is 1. The number of nitrogens with two attached hydrogens (primary N) is 1. The van der Waals surface area contributed by atoms with Crippen molar-refractivity contribution in [3.8, 4) is 11.6 Å². The lowest BCUT2D eigenvalue weighted by atomic mass is 10.1. The van der Waals surface area contributed by atoms with Gasteiger partial charge in [-0.1, -0.05) is 13.8 Å². The van der Waals surface area contributed by atoms with Crippen molar-refractivity contribution in [3.05, 3.63) is 46.3 Å². The predicted molar refractivity (Wildman–Crippen MR) is 77.1 cm³/mol. The number of nitrogens with one attached hydrogen (secondary N) is 1. The highest BCUT2D eigenvalue weighted by Crippen LogP contribution is 2.32. The van der Waals surface area contributed by atoms with Gasteiger partial charge < -0.3 is 10.2 Å². The number of aromatic nitrogens is 2. The molecule has 0 fully saturated rings. The average molecular weight is 289 g/mol. The number of benzene rings is 1. The van der Waals surface area contributed by atoms with Crippen LogP contribution in [0.2, 0.25) is 0 Å². The molecule has 2 rings (SSSR count). The Balaban J connectivity index is 2.33. The summed E-state index contributed by atoms with van der Waals surface area (Å²) >= 11 is 0. The van der Waals surface area contributed by atoms with Gasteiger partial charge in [-0.25, -0.2) is 15.8 Å². The van der Waals surface area contributed by atoms with E-state index in [1.807, 2.05) is 13.8 Å². The summed E-state index contributed by atoms with van der Waals surface area (Å²) in [4.78, 5) is 18.3. The molecule has 0 amide bonds. The number of ether oxygens (including phenoxy) is 1. The monoisotopic (exact) mass is 289 g/mol. The molecule has 1 aromatic carbocycles. The topological polar surface area (TPSA) is 116 Å². The Kier molecular flexibility index (Phi) is 4.29. The molecular formula is C13H15N5O3. The van der Waals surface area contributed by atoms with Gasteiger partial charge in [-0.05, 0) is 18.1 Å². The van der Waals surface area contributed by atoms with Crippen molar-refractivity contribution in [2.24, 2.45) is 5.84 Å². The fourth-order valence-corrected chi connectivity index (χ4v) is 1.84. The van der Waals surface area contributed by atoms with Gasteiger partial charge in [-0.2, -0.15) is 0 Å². The molecule has 0 aliphatic carbocycles. The first-order chi connectivity index (χ1) is 10.0. The van der Waals surface area contributed by atoms with E-state index >= 15 is 0 Å². The number of nitrogen functional groups attached to an aromatic ring is 1. The number of nitro benzene ring substituents is 1. The van der Waals surface area contributed by atoms with Crippen LogP contribution in [-0.4, -0.2) is 14.9 Å². The molecule has 0 saturated heterocycles. The maximum absolute atomic E-state index is 10.6. The molecule has 8 nitrogen and oxygen atoms in total. The molecule has 0 saturated carbocycles. The van der Waals surface area contributed by atoms with Gasteiger partial charge in [-0.15, -0.1) is 0 Å². The summed E-state index contributed by atoms with van der Waals surface area (Å²) < 4.78 is 5.68. The Bertz CT molecular complexity index is 643. The molecule has 0 atom stereocenters. The fraction of sp³-hybridized carbons (Fsp3) is 0.231. The van der Waals surface area contributed by atoms with Crippen LogP contribution in [0.3, 0.4) is 0 Å². The summed E-state index contributed by atoms with van der Waals surface area (Å²) in [5.41, 5.74) is 3.24. The Morgan fingerprint density at radius 2 is 1.95 bits per heavy atom. The van der Waals surface area contributed by atoms with Crippen LogP contribution in [0.5, 0.6) is 11.6 Å². The van der Waals surface area contributed by atoms with E-state index < -0.39 is 4.92 Å². The molecule has 0 unspecified atom stereocenters. The van der Waals surface area contributed by atoms with Crippen LogP contribution in [0.25, 0.3) is 0 Å². The molecule has 0 bridgehead atoms. The van der Waals surface area contributed by atoms with E-state index in [4.69, 9.17) is 10.6 Å². The van der Waals surface area contributed by atoms with Crippen LogP contribution in [0, 0.1) is 10.1 Å². The van der Waals surface area contributed by atoms with Gasteiger partial charge in [0, 0.05) is 12.1 Å². The first-order valence-corrected chi connectivity index (χ1v) is 6.26. The molecule has 0 radical (unpaired) electrons. The van der Waals surface area contributed by atoms with E-state index in [1.54, 1.807) is 0 Å². The van der Waals surface area contributed by atoms with Crippen LogP contribution in [0.15, 0.2) is 30.6 Å². The molecule has 3 N–H and O–H groups in total. The van der Waals surface area contributed by atoms with E-state index in [9.17, 15) is 10.1 Å². The van der Waals surface area contributed by atoms with Gasteiger partial charge in [0.15, 0.2) is 5.82 Å². The summed E-state index contributed by atoms with van der Waals surface area (Å²) in [7, 11) is 0. The zero-order valence-electron chi connectivity index (χ0n) is 11.6. The average Bonchev–Trinajstić information content (AvgIpc) is 2.47. The lowest BCUT2D eigenvalue weighted by Crippen LogP contribution is -2.13. The van der Waals surface area contributed by atoms with E-state index in [0.717, 1.165) is 5.56 Å². The zero-order chi connectivity index (χ0) is 15.4. The second kappa shape index (κ2) is 6.14. The quantitative estimate of drug-likeness (QED) is 0.493. The Labute approximate surface area is 121 Å². The Hall–Kier alpha value is -2.74. The minimum absolute atomic E-state index is 0.00145. The van der Waals surface area contributed by atoms with E-state index in [-0.39, 0.29) is 11.6 Å². The number of non-ortho nitro benzene ring substituents is 1. The number of rotatable bonds is 5. The number of anilines is 1. The zero-order valence-corrected chi connectivity index (χ0v) is 11.6. The first kappa shape index (κ1) is 14.7. The van der Waals surface area contributed by atoms with Crippen molar-refractivity contribution in [3.63, 3.8) is 0 Å². The van der Waals surface area contributed by atoms with Gasteiger partial charge in [0.05, 0.1) is 10.5 Å².